The first-order chi connectivity index (χ1) is 16.2. The van der Waals surface area contributed by atoms with Crippen LogP contribution in [0, 0.1) is 16.7 Å². The molecule has 5 rings (SSSR count). The van der Waals surface area contributed by atoms with Crippen molar-refractivity contribution < 1.29 is 4.79 Å². The van der Waals surface area contributed by atoms with Crippen molar-refractivity contribution in [2.24, 2.45) is 16.7 Å². The normalized spacial score (nSPS) is 25.1. The predicted octanol–water partition coefficient (Wildman–Crippen LogP) is 6.51. The van der Waals surface area contributed by atoms with E-state index in [1.807, 2.05) is 30.3 Å². The zero-order valence-corrected chi connectivity index (χ0v) is 21.4. The molecule has 2 aromatic carbocycles. The summed E-state index contributed by atoms with van der Waals surface area (Å²) in [5.74, 6) is 0.406. The molecule has 4 nitrogen and oxygen atoms in total. The summed E-state index contributed by atoms with van der Waals surface area (Å²) in [6.07, 6.45) is 6.24. The largest absolute Gasteiger partial charge is 0.348 e. The van der Waals surface area contributed by atoms with Crippen LogP contribution >= 0.6 is 11.8 Å². The number of fused-ring (bicyclic) bond motifs is 3. The van der Waals surface area contributed by atoms with Crippen molar-refractivity contribution in [3.63, 3.8) is 0 Å². The standard InChI is InChI=1S/C29H34N2O2S/c1-5-15-31-18-23(26(33)30-27-28(2,3)19-13-14-29(27,4)17-19)25(32)22-12-11-21(16-24(22)31)34-20-9-7-6-8-10-20/h6-12,16,18-19,27H,5,13-15,17H2,1-4H3,(H,30,33)/t19?,27-,29-/m1/s1. The summed E-state index contributed by atoms with van der Waals surface area (Å²) in [5, 5.41) is 3.93. The van der Waals surface area contributed by atoms with Gasteiger partial charge in [-0.15, -0.1) is 0 Å². The Hall–Kier alpha value is -2.53. The number of aromatic nitrogens is 1. The van der Waals surface area contributed by atoms with Crippen LogP contribution in [-0.4, -0.2) is 16.5 Å². The van der Waals surface area contributed by atoms with Crippen molar-refractivity contribution in [1.29, 1.82) is 0 Å². The molecule has 3 aromatic rings. The van der Waals surface area contributed by atoms with E-state index in [0.717, 1.165) is 41.1 Å². The van der Waals surface area contributed by atoms with Crippen molar-refractivity contribution in [2.75, 3.05) is 0 Å². The molecule has 1 amide bonds. The molecule has 2 fully saturated rings. The highest BCUT2D eigenvalue weighted by atomic mass is 32.2. The molecule has 0 aliphatic heterocycles. The number of aryl methyl sites for hydroxylation is 1. The number of hydrogen-bond donors (Lipinski definition) is 1. The number of nitrogens with zero attached hydrogens (tertiary/aromatic N) is 1. The van der Waals surface area contributed by atoms with E-state index in [1.54, 1.807) is 18.0 Å². The van der Waals surface area contributed by atoms with Crippen LogP contribution in [0.15, 0.2) is 69.3 Å². The number of pyridine rings is 1. The molecule has 2 aliphatic carbocycles. The third-order valence-electron chi connectivity index (χ3n) is 8.29. The quantitative estimate of drug-likeness (QED) is 0.443. The molecule has 0 spiro atoms. The molecule has 0 saturated heterocycles. The Balaban J connectivity index is 1.50. The Kier molecular flexibility index (Phi) is 5.87. The molecule has 2 aliphatic rings. The average Bonchev–Trinajstić information content (AvgIpc) is 3.30. The van der Waals surface area contributed by atoms with Crippen LogP contribution in [0.5, 0.6) is 0 Å². The Morgan fingerprint density at radius 2 is 1.88 bits per heavy atom. The molecule has 1 N–H and O–H groups in total. The van der Waals surface area contributed by atoms with E-state index < -0.39 is 0 Å². The second kappa shape index (κ2) is 8.60. The van der Waals surface area contributed by atoms with Gasteiger partial charge < -0.3 is 9.88 Å². The molecule has 2 saturated carbocycles. The van der Waals surface area contributed by atoms with Crippen LogP contribution in [0.3, 0.4) is 0 Å². The highest BCUT2D eigenvalue weighted by molar-refractivity contribution is 7.99. The Morgan fingerprint density at radius 1 is 1.12 bits per heavy atom. The molecule has 3 atom stereocenters. The van der Waals surface area contributed by atoms with Crippen LogP contribution in [0.4, 0.5) is 0 Å². The van der Waals surface area contributed by atoms with Crippen LogP contribution in [0.25, 0.3) is 10.9 Å². The maximum Gasteiger partial charge on any atom is 0.257 e. The second-order valence-corrected chi connectivity index (χ2v) is 12.1. The first kappa shape index (κ1) is 23.2. The number of nitrogens with one attached hydrogen (secondary N) is 1. The zero-order valence-electron chi connectivity index (χ0n) is 20.6. The minimum Gasteiger partial charge on any atom is -0.348 e. The zero-order chi connectivity index (χ0) is 24.1. The third kappa shape index (κ3) is 3.88. The summed E-state index contributed by atoms with van der Waals surface area (Å²) in [7, 11) is 0. The molecule has 178 valence electrons. The molecule has 0 radical (unpaired) electrons. The van der Waals surface area contributed by atoms with Gasteiger partial charge in [-0.2, -0.15) is 0 Å². The van der Waals surface area contributed by atoms with Gasteiger partial charge >= 0.3 is 0 Å². The number of carbonyl (C=O) groups is 1. The Morgan fingerprint density at radius 3 is 2.56 bits per heavy atom. The van der Waals surface area contributed by atoms with Gasteiger partial charge in [-0.05, 0) is 72.8 Å². The molecule has 34 heavy (non-hydrogen) atoms. The van der Waals surface area contributed by atoms with Crippen LogP contribution in [-0.2, 0) is 6.54 Å². The van der Waals surface area contributed by atoms with Crippen molar-refractivity contribution in [1.82, 2.24) is 9.88 Å². The van der Waals surface area contributed by atoms with Crippen LogP contribution in [0.2, 0.25) is 0 Å². The lowest BCUT2D eigenvalue weighted by Gasteiger charge is -2.43. The summed E-state index contributed by atoms with van der Waals surface area (Å²) in [4.78, 5) is 29.2. The molecule has 5 heteroatoms. The fourth-order valence-electron chi connectivity index (χ4n) is 6.52. The fourth-order valence-corrected chi connectivity index (χ4v) is 7.39. The minimum atomic E-state index is -0.230. The first-order valence-corrected chi connectivity index (χ1v) is 13.3. The van der Waals surface area contributed by atoms with Gasteiger partial charge in [0.2, 0.25) is 5.43 Å². The SMILES string of the molecule is CCCn1cc(C(=O)N[C@@H]2C(C)(C)C3CC[C@]2(C)C3)c(=O)c2ccc(Sc3ccccc3)cc21. The monoisotopic (exact) mass is 474 g/mol. The van der Waals surface area contributed by atoms with Crippen molar-refractivity contribution in [3.05, 3.63) is 70.5 Å². The highest BCUT2D eigenvalue weighted by Gasteiger charge is 2.59. The number of carbonyl (C=O) groups excluding carboxylic acids is 1. The topological polar surface area (TPSA) is 51.1 Å². The first-order valence-electron chi connectivity index (χ1n) is 12.4. The number of amides is 1. The van der Waals surface area contributed by atoms with Crippen molar-refractivity contribution >= 4 is 28.6 Å². The number of hydrogen-bond acceptors (Lipinski definition) is 3. The number of rotatable bonds is 6. The highest BCUT2D eigenvalue weighted by Crippen LogP contribution is 2.62. The molecule has 1 heterocycles. The van der Waals surface area contributed by atoms with E-state index in [9.17, 15) is 9.59 Å². The second-order valence-electron chi connectivity index (χ2n) is 11.0. The fraction of sp³-hybridized carbons (Fsp3) is 0.448. The minimum absolute atomic E-state index is 0.0471. The molecular formula is C29H34N2O2S. The molecule has 1 unspecified atom stereocenters. The van der Waals surface area contributed by atoms with Gasteiger partial charge in [0.1, 0.15) is 5.56 Å². The van der Waals surface area contributed by atoms with Crippen LogP contribution in [0.1, 0.15) is 63.7 Å². The Bertz CT molecular complexity index is 1290. The van der Waals surface area contributed by atoms with E-state index in [0.29, 0.717) is 11.3 Å². The number of benzene rings is 2. The summed E-state index contributed by atoms with van der Waals surface area (Å²) >= 11 is 1.68. The lowest BCUT2D eigenvalue weighted by Crippen LogP contribution is -2.53. The predicted molar refractivity (Wildman–Crippen MR) is 140 cm³/mol. The van der Waals surface area contributed by atoms with Crippen molar-refractivity contribution in [3.8, 4) is 0 Å². The van der Waals surface area contributed by atoms with E-state index >= 15 is 0 Å². The summed E-state index contributed by atoms with van der Waals surface area (Å²) < 4.78 is 2.08. The summed E-state index contributed by atoms with van der Waals surface area (Å²) in [6, 6.07) is 16.3. The van der Waals surface area contributed by atoms with Gasteiger partial charge in [-0.3, -0.25) is 9.59 Å². The molecule has 2 bridgehead atoms. The molecule has 1 aromatic heterocycles. The van der Waals surface area contributed by atoms with E-state index in [4.69, 9.17) is 0 Å². The average molecular weight is 475 g/mol. The van der Waals surface area contributed by atoms with E-state index in [-0.39, 0.29) is 33.8 Å². The summed E-state index contributed by atoms with van der Waals surface area (Å²) in [6.45, 7) is 9.72. The van der Waals surface area contributed by atoms with Gasteiger partial charge in [0, 0.05) is 34.0 Å². The third-order valence-corrected chi connectivity index (χ3v) is 9.28. The van der Waals surface area contributed by atoms with E-state index in [2.05, 4.69) is 55.8 Å². The smallest absolute Gasteiger partial charge is 0.257 e. The van der Waals surface area contributed by atoms with Crippen LogP contribution < -0.4 is 10.7 Å². The van der Waals surface area contributed by atoms with E-state index in [1.165, 1.54) is 6.42 Å². The van der Waals surface area contributed by atoms with Gasteiger partial charge in [-0.25, -0.2) is 0 Å². The molecular weight excluding hydrogens is 440 g/mol. The van der Waals surface area contributed by atoms with Gasteiger partial charge in [0.05, 0.1) is 5.52 Å². The maximum atomic E-state index is 13.5. The lowest BCUT2D eigenvalue weighted by atomic mass is 9.68. The summed E-state index contributed by atoms with van der Waals surface area (Å²) in [5.41, 5.74) is 1.13. The van der Waals surface area contributed by atoms with Gasteiger partial charge in [0.15, 0.2) is 0 Å². The van der Waals surface area contributed by atoms with Gasteiger partial charge in [0.25, 0.3) is 5.91 Å². The lowest BCUT2D eigenvalue weighted by molar-refractivity contribution is 0.0736. The maximum absolute atomic E-state index is 13.5. The van der Waals surface area contributed by atoms with Gasteiger partial charge in [-0.1, -0.05) is 57.7 Å². The van der Waals surface area contributed by atoms with Crippen molar-refractivity contribution in [2.45, 2.75) is 75.8 Å². The Labute approximate surface area is 206 Å².